The van der Waals surface area contributed by atoms with Crippen molar-refractivity contribution in [2.45, 2.75) is 24.7 Å². The van der Waals surface area contributed by atoms with E-state index in [0.717, 1.165) is 6.26 Å². The number of carbonyl (C=O) groups is 2. The van der Waals surface area contributed by atoms with Crippen LogP contribution >= 0.6 is 0 Å². The molecule has 7 heteroatoms. The number of carbonyl (C=O) groups excluding carboxylic acids is 1. The number of benzene rings is 1. The lowest BCUT2D eigenvalue weighted by Gasteiger charge is -2.09. The van der Waals surface area contributed by atoms with Crippen molar-refractivity contribution in [1.82, 2.24) is 5.32 Å². The number of rotatable bonds is 6. The van der Waals surface area contributed by atoms with E-state index < -0.39 is 21.7 Å². The second kappa shape index (κ2) is 6.51. The predicted molar refractivity (Wildman–Crippen MR) is 73.5 cm³/mol. The molecule has 0 saturated heterocycles. The van der Waals surface area contributed by atoms with Gasteiger partial charge in [0.1, 0.15) is 0 Å². The number of aliphatic carboxylic acids is 1. The number of aryl methyl sites for hydroxylation is 1. The quantitative estimate of drug-likeness (QED) is 0.811. The second-order valence-electron chi connectivity index (χ2n) is 4.35. The molecule has 2 N–H and O–H groups in total. The van der Waals surface area contributed by atoms with Crippen LogP contribution in [0.4, 0.5) is 0 Å². The van der Waals surface area contributed by atoms with Gasteiger partial charge in [-0.1, -0.05) is 13.0 Å². The fourth-order valence-electron chi connectivity index (χ4n) is 1.72. The van der Waals surface area contributed by atoms with Gasteiger partial charge >= 0.3 is 5.97 Å². The lowest BCUT2D eigenvalue weighted by atomic mass is 10.1. The van der Waals surface area contributed by atoms with Crippen LogP contribution in [0.3, 0.4) is 0 Å². The largest absolute Gasteiger partial charge is 0.481 e. The monoisotopic (exact) mass is 299 g/mol. The Kier molecular flexibility index (Phi) is 5.26. The van der Waals surface area contributed by atoms with Gasteiger partial charge in [-0.15, -0.1) is 0 Å². The van der Waals surface area contributed by atoms with Crippen LogP contribution in [-0.4, -0.2) is 38.2 Å². The third-order valence-electron chi connectivity index (χ3n) is 2.73. The van der Waals surface area contributed by atoms with Crippen LogP contribution in [0.15, 0.2) is 23.1 Å². The number of amides is 1. The summed E-state index contributed by atoms with van der Waals surface area (Å²) in [4.78, 5) is 22.3. The van der Waals surface area contributed by atoms with Gasteiger partial charge in [0.2, 0.25) is 0 Å². The summed E-state index contributed by atoms with van der Waals surface area (Å²) < 4.78 is 23.4. The predicted octanol–water partition coefficient (Wildman–Crippen LogP) is 0.857. The molecule has 1 rings (SSSR count). The molecule has 20 heavy (non-hydrogen) atoms. The summed E-state index contributed by atoms with van der Waals surface area (Å²) in [6.07, 6.45) is 1.45. The Labute approximate surface area is 117 Å². The number of hydrogen-bond donors (Lipinski definition) is 2. The van der Waals surface area contributed by atoms with Gasteiger partial charge in [-0.05, 0) is 24.1 Å². The van der Waals surface area contributed by atoms with Gasteiger partial charge in [-0.3, -0.25) is 9.59 Å². The van der Waals surface area contributed by atoms with Crippen molar-refractivity contribution in [3.8, 4) is 0 Å². The van der Waals surface area contributed by atoms with Crippen molar-refractivity contribution in [3.05, 3.63) is 29.3 Å². The number of nitrogens with one attached hydrogen (secondary N) is 1. The summed E-state index contributed by atoms with van der Waals surface area (Å²) in [5, 5.41) is 10.9. The third kappa shape index (κ3) is 4.34. The highest BCUT2D eigenvalue weighted by molar-refractivity contribution is 7.90. The van der Waals surface area contributed by atoms with Gasteiger partial charge < -0.3 is 10.4 Å². The minimum Gasteiger partial charge on any atom is -0.481 e. The van der Waals surface area contributed by atoms with Gasteiger partial charge in [0.15, 0.2) is 9.84 Å². The molecule has 0 aliphatic rings. The molecule has 0 atom stereocenters. The molecule has 0 spiro atoms. The van der Waals surface area contributed by atoms with Crippen molar-refractivity contribution >= 4 is 21.7 Å². The van der Waals surface area contributed by atoms with E-state index in [1.165, 1.54) is 12.1 Å². The fraction of sp³-hybridized carbons (Fsp3) is 0.385. The zero-order valence-corrected chi connectivity index (χ0v) is 12.2. The van der Waals surface area contributed by atoms with E-state index in [-0.39, 0.29) is 23.4 Å². The SMILES string of the molecule is CCc1ccc(C(=O)NCCC(=O)O)cc1S(C)(=O)=O. The standard InChI is InChI=1S/C13H17NO5S/c1-3-9-4-5-10(8-11(9)20(2,18)19)13(17)14-7-6-12(15)16/h4-5,8H,3,6-7H2,1-2H3,(H,14,17)(H,15,16). The summed E-state index contributed by atoms with van der Waals surface area (Å²) in [6.45, 7) is 1.83. The van der Waals surface area contributed by atoms with E-state index in [2.05, 4.69) is 5.32 Å². The van der Waals surface area contributed by atoms with Gasteiger partial charge in [-0.25, -0.2) is 8.42 Å². The summed E-state index contributed by atoms with van der Waals surface area (Å²) in [5.41, 5.74) is 0.850. The molecule has 110 valence electrons. The Morgan fingerprint density at radius 1 is 1.30 bits per heavy atom. The van der Waals surface area contributed by atoms with E-state index in [9.17, 15) is 18.0 Å². The Morgan fingerprint density at radius 3 is 2.45 bits per heavy atom. The van der Waals surface area contributed by atoms with Gasteiger partial charge in [0.25, 0.3) is 5.91 Å². The van der Waals surface area contributed by atoms with Crippen molar-refractivity contribution in [2.75, 3.05) is 12.8 Å². The van der Waals surface area contributed by atoms with Crippen LogP contribution < -0.4 is 5.32 Å². The summed E-state index contributed by atoms with van der Waals surface area (Å²) >= 11 is 0. The van der Waals surface area contributed by atoms with Crippen molar-refractivity contribution < 1.29 is 23.1 Å². The molecule has 0 aliphatic heterocycles. The molecular formula is C13H17NO5S. The number of carboxylic acid groups (broad SMARTS) is 1. The first kappa shape index (κ1) is 16.2. The van der Waals surface area contributed by atoms with Crippen molar-refractivity contribution in [2.24, 2.45) is 0 Å². The van der Waals surface area contributed by atoms with Crippen LogP contribution in [0.5, 0.6) is 0 Å². The van der Waals surface area contributed by atoms with Gasteiger partial charge in [0.05, 0.1) is 11.3 Å². The molecule has 1 aromatic rings. The Morgan fingerprint density at radius 2 is 1.95 bits per heavy atom. The molecule has 0 radical (unpaired) electrons. The zero-order chi connectivity index (χ0) is 15.3. The molecule has 0 aromatic heterocycles. The van der Waals surface area contributed by atoms with E-state index in [0.29, 0.717) is 12.0 Å². The topological polar surface area (TPSA) is 101 Å². The Bertz CT molecular complexity index is 622. The van der Waals surface area contributed by atoms with E-state index >= 15 is 0 Å². The molecule has 0 bridgehead atoms. The minimum absolute atomic E-state index is 0.00208. The number of sulfone groups is 1. The smallest absolute Gasteiger partial charge is 0.305 e. The maximum Gasteiger partial charge on any atom is 0.305 e. The van der Waals surface area contributed by atoms with E-state index in [1.807, 2.05) is 6.92 Å². The van der Waals surface area contributed by atoms with Crippen LogP contribution in [0.2, 0.25) is 0 Å². The highest BCUT2D eigenvalue weighted by atomic mass is 32.2. The molecule has 0 aliphatic carbocycles. The Balaban J connectivity index is 2.97. The van der Waals surface area contributed by atoms with Crippen LogP contribution in [0.1, 0.15) is 29.3 Å². The third-order valence-corrected chi connectivity index (χ3v) is 3.91. The van der Waals surface area contributed by atoms with Crippen LogP contribution in [0, 0.1) is 0 Å². The summed E-state index contributed by atoms with van der Waals surface area (Å²) in [7, 11) is -3.41. The molecule has 0 fully saturated rings. The van der Waals surface area contributed by atoms with Crippen molar-refractivity contribution in [1.29, 1.82) is 0 Å². The average Bonchev–Trinajstić information content (AvgIpc) is 2.36. The second-order valence-corrected chi connectivity index (χ2v) is 6.33. The average molecular weight is 299 g/mol. The maximum atomic E-state index is 11.8. The number of carboxylic acids is 1. The van der Waals surface area contributed by atoms with Gasteiger partial charge in [-0.2, -0.15) is 0 Å². The van der Waals surface area contributed by atoms with E-state index in [4.69, 9.17) is 5.11 Å². The molecule has 1 amide bonds. The summed E-state index contributed by atoms with van der Waals surface area (Å²) in [6, 6.07) is 4.45. The zero-order valence-electron chi connectivity index (χ0n) is 11.3. The minimum atomic E-state index is -3.41. The van der Waals surface area contributed by atoms with Gasteiger partial charge in [0, 0.05) is 18.4 Å². The molecule has 0 unspecified atom stereocenters. The molecule has 0 heterocycles. The maximum absolute atomic E-state index is 11.8. The van der Waals surface area contributed by atoms with E-state index in [1.54, 1.807) is 6.07 Å². The highest BCUT2D eigenvalue weighted by Gasteiger charge is 2.15. The molecular weight excluding hydrogens is 282 g/mol. The number of hydrogen-bond acceptors (Lipinski definition) is 4. The molecule has 6 nitrogen and oxygen atoms in total. The molecule has 1 aromatic carbocycles. The first-order chi connectivity index (χ1) is 9.25. The first-order valence-corrected chi connectivity index (χ1v) is 7.97. The van der Waals surface area contributed by atoms with Crippen LogP contribution in [-0.2, 0) is 21.1 Å². The first-order valence-electron chi connectivity index (χ1n) is 6.08. The highest BCUT2D eigenvalue weighted by Crippen LogP contribution is 2.18. The normalized spacial score (nSPS) is 11.1. The van der Waals surface area contributed by atoms with Crippen molar-refractivity contribution in [3.63, 3.8) is 0 Å². The fourth-order valence-corrected chi connectivity index (χ4v) is 2.75. The Hall–Kier alpha value is -1.89. The van der Waals surface area contributed by atoms with Crippen LogP contribution in [0.25, 0.3) is 0 Å². The molecule has 0 saturated carbocycles. The lowest BCUT2D eigenvalue weighted by Crippen LogP contribution is -2.26. The lowest BCUT2D eigenvalue weighted by molar-refractivity contribution is -0.136. The summed E-state index contributed by atoms with van der Waals surface area (Å²) in [5.74, 6) is -1.50.